The van der Waals surface area contributed by atoms with Crippen LogP contribution in [-0.4, -0.2) is 26.8 Å². The Kier molecular flexibility index (Phi) is 3.86. The minimum absolute atomic E-state index is 0.111. The van der Waals surface area contributed by atoms with E-state index in [-0.39, 0.29) is 20.1 Å². The van der Waals surface area contributed by atoms with Gasteiger partial charge in [-0.15, -0.1) is 0 Å². The molecule has 1 aromatic carbocycles. The fourth-order valence-corrected chi connectivity index (χ4v) is 3.63. The number of hydrogen-bond donors (Lipinski definition) is 3. The van der Waals surface area contributed by atoms with E-state index in [1.54, 1.807) is 0 Å². The molecular weight excluding hydrogens is 372 g/mol. The van der Waals surface area contributed by atoms with Crippen LogP contribution in [0.15, 0.2) is 45.1 Å². The van der Waals surface area contributed by atoms with Crippen LogP contribution in [0.25, 0.3) is 0 Å². The molecule has 0 bridgehead atoms. The molecule has 0 atom stereocenters. The fraction of sp³-hybridized carbons (Fsp3) is 0. The number of nitrogens with one attached hydrogen (secondary N) is 2. The molecule has 1 aromatic heterocycles. The zero-order valence-electron chi connectivity index (χ0n) is 9.74. The summed E-state index contributed by atoms with van der Waals surface area (Å²) in [5.74, 6) is 0. The number of aromatic nitrogens is 2. The Bertz CT molecular complexity index is 831. The summed E-state index contributed by atoms with van der Waals surface area (Å²) in [6.45, 7) is 0. The van der Waals surface area contributed by atoms with Gasteiger partial charge < -0.3 is 4.98 Å². The molecule has 20 heavy (non-hydrogen) atoms. The van der Waals surface area contributed by atoms with Crippen molar-refractivity contribution in [3.05, 3.63) is 35.2 Å². The first-order chi connectivity index (χ1) is 9.20. The van der Waals surface area contributed by atoms with Gasteiger partial charge >= 0.3 is 0 Å². The number of rotatable bonds is 4. The molecule has 0 unspecified atom stereocenters. The van der Waals surface area contributed by atoms with Gasteiger partial charge in [0, 0.05) is 4.47 Å². The first-order valence-corrected chi connectivity index (χ1v) is 8.86. The average Bonchev–Trinajstić information content (AvgIpc) is 2.84. The van der Waals surface area contributed by atoms with Gasteiger partial charge in [0.2, 0.25) is 10.0 Å². The molecule has 0 saturated carbocycles. The topological polar surface area (TPSA) is 135 Å². The Labute approximate surface area is 123 Å². The SMILES string of the molecule is NS(=O)(=O)c1ccc(NS(=O)(=O)c2cnc[nH]2)c(Br)c1. The second kappa shape index (κ2) is 5.16. The molecule has 0 fully saturated rings. The number of imidazole rings is 1. The summed E-state index contributed by atoms with van der Waals surface area (Å²) in [4.78, 5) is 5.95. The third kappa shape index (κ3) is 3.17. The highest BCUT2D eigenvalue weighted by Crippen LogP contribution is 2.27. The van der Waals surface area contributed by atoms with Crippen LogP contribution in [0.5, 0.6) is 0 Å². The fourth-order valence-electron chi connectivity index (χ4n) is 1.35. The molecule has 0 spiro atoms. The van der Waals surface area contributed by atoms with E-state index in [9.17, 15) is 16.8 Å². The number of halogens is 1. The van der Waals surface area contributed by atoms with Gasteiger partial charge in [0.15, 0.2) is 5.03 Å². The first kappa shape index (κ1) is 15.0. The van der Waals surface area contributed by atoms with Crippen molar-refractivity contribution in [3.8, 4) is 0 Å². The van der Waals surface area contributed by atoms with E-state index < -0.39 is 20.0 Å². The molecular formula is C9H9BrN4O4S2. The van der Waals surface area contributed by atoms with E-state index >= 15 is 0 Å². The van der Waals surface area contributed by atoms with Crippen molar-refractivity contribution in [2.45, 2.75) is 9.92 Å². The maximum Gasteiger partial charge on any atom is 0.279 e. The second-order valence-electron chi connectivity index (χ2n) is 3.71. The van der Waals surface area contributed by atoms with E-state index in [2.05, 4.69) is 30.6 Å². The smallest absolute Gasteiger partial charge is 0.279 e. The van der Waals surface area contributed by atoms with Crippen molar-refractivity contribution in [2.75, 3.05) is 4.72 Å². The van der Waals surface area contributed by atoms with Crippen molar-refractivity contribution in [3.63, 3.8) is 0 Å². The molecule has 2 rings (SSSR count). The van der Waals surface area contributed by atoms with Crippen molar-refractivity contribution in [1.82, 2.24) is 9.97 Å². The van der Waals surface area contributed by atoms with Crippen LogP contribution < -0.4 is 9.86 Å². The molecule has 0 aliphatic carbocycles. The highest BCUT2D eigenvalue weighted by Gasteiger charge is 2.18. The molecule has 108 valence electrons. The number of primary sulfonamides is 1. The van der Waals surface area contributed by atoms with Gasteiger partial charge in [-0.1, -0.05) is 0 Å². The van der Waals surface area contributed by atoms with E-state index in [4.69, 9.17) is 5.14 Å². The Morgan fingerprint density at radius 3 is 2.45 bits per heavy atom. The molecule has 1 heterocycles. The largest absolute Gasteiger partial charge is 0.334 e. The lowest BCUT2D eigenvalue weighted by molar-refractivity contribution is 0.597. The molecule has 0 amide bonds. The lowest BCUT2D eigenvalue weighted by Crippen LogP contribution is -2.15. The number of H-pyrrole nitrogens is 1. The summed E-state index contributed by atoms with van der Waals surface area (Å²) in [5.41, 5.74) is 0.173. The van der Waals surface area contributed by atoms with E-state index in [0.29, 0.717) is 0 Å². The highest BCUT2D eigenvalue weighted by atomic mass is 79.9. The summed E-state index contributed by atoms with van der Waals surface area (Å²) in [7, 11) is -7.67. The predicted octanol–water partition coefficient (Wildman–Crippen LogP) is 0.620. The van der Waals surface area contributed by atoms with E-state index in [1.807, 2.05) is 0 Å². The lowest BCUT2D eigenvalue weighted by Gasteiger charge is -2.09. The highest BCUT2D eigenvalue weighted by molar-refractivity contribution is 9.10. The van der Waals surface area contributed by atoms with Gasteiger partial charge in [0.25, 0.3) is 10.0 Å². The standard InChI is InChI=1S/C9H9BrN4O4S2/c10-7-3-6(19(11,15)16)1-2-8(7)14-20(17,18)9-4-12-5-13-9/h1-5,14H,(H,12,13)(H2,11,15,16). The quantitative estimate of drug-likeness (QED) is 0.714. The summed E-state index contributed by atoms with van der Waals surface area (Å²) < 4.78 is 48.8. The number of sulfonamides is 2. The molecule has 0 aliphatic heterocycles. The Hall–Kier alpha value is -1.43. The van der Waals surface area contributed by atoms with Gasteiger partial charge in [0.1, 0.15) is 0 Å². The van der Waals surface area contributed by atoms with Crippen LogP contribution in [0.4, 0.5) is 5.69 Å². The van der Waals surface area contributed by atoms with Crippen molar-refractivity contribution >= 4 is 41.7 Å². The zero-order chi connectivity index (χ0) is 15.0. The molecule has 2 aromatic rings. The Morgan fingerprint density at radius 2 is 1.95 bits per heavy atom. The van der Waals surface area contributed by atoms with Gasteiger partial charge in [0.05, 0.1) is 23.1 Å². The minimum Gasteiger partial charge on any atom is -0.334 e. The number of aromatic amines is 1. The number of nitrogens with two attached hydrogens (primary N) is 1. The number of hydrogen-bond acceptors (Lipinski definition) is 5. The van der Waals surface area contributed by atoms with Gasteiger partial charge in [-0.3, -0.25) is 4.72 Å². The maximum atomic E-state index is 12.0. The van der Waals surface area contributed by atoms with Crippen LogP contribution in [0.1, 0.15) is 0 Å². The molecule has 4 N–H and O–H groups in total. The van der Waals surface area contributed by atoms with E-state index in [0.717, 1.165) is 6.20 Å². The van der Waals surface area contributed by atoms with Crippen molar-refractivity contribution in [1.29, 1.82) is 0 Å². The third-order valence-electron chi connectivity index (χ3n) is 2.28. The molecule has 11 heteroatoms. The molecule has 8 nitrogen and oxygen atoms in total. The van der Waals surface area contributed by atoms with Crippen molar-refractivity contribution in [2.24, 2.45) is 5.14 Å². The summed E-state index contributed by atoms with van der Waals surface area (Å²) in [6.07, 6.45) is 2.38. The van der Waals surface area contributed by atoms with E-state index in [1.165, 1.54) is 24.5 Å². The number of anilines is 1. The Morgan fingerprint density at radius 1 is 1.25 bits per heavy atom. The summed E-state index contributed by atoms with van der Waals surface area (Å²) in [6, 6.07) is 3.70. The van der Waals surface area contributed by atoms with Gasteiger partial charge in [-0.2, -0.15) is 8.42 Å². The molecule has 0 radical (unpaired) electrons. The normalized spacial score (nSPS) is 12.3. The third-order valence-corrected chi connectivity index (χ3v) is 5.13. The minimum atomic E-state index is -3.85. The Balaban J connectivity index is 2.37. The van der Waals surface area contributed by atoms with Gasteiger partial charge in [-0.05, 0) is 34.1 Å². The lowest BCUT2D eigenvalue weighted by atomic mass is 10.3. The second-order valence-corrected chi connectivity index (χ2v) is 7.77. The monoisotopic (exact) mass is 380 g/mol. The number of nitrogens with zero attached hydrogens (tertiary/aromatic N) is 1. The average molecular weight is 381 g/mol. The van der Waals surface area contributed by atoms with Gasteiger partial charge in [-0.25, -0.2) is 18.5 Å². The maximum absolute atomic E-state index is 12.0. The van der Waals surface area contributed by atoms with Crippen LogP contribution >= 0.6 is 15.9 Å². The summed E-state index contributed by atoms with van der Waals surface area (Å²) >= 11 is 3.08. The molecule has 0 saturated heterocycles. The van der Waals surface area contributed by atoms with Crippen molar-refractivity contribution < 1.29 is 16.8 Å². The van der Waals surface area contributed by atoms with Crippen LogP contribution in [0.3, 0.4) is 0 Å². The first-order valence-electron chi connectivity index (χ1n) is 5.04. The number of benzene rings is 1. The zero-order valence-corrected chi connectivity index (χ0v) is 13.0. The van der Waals surface area contributed by atoms with Crippen LogP contribution in [0, 0.1) is 0 Å². The van der Waals surface area contributed by atoms with Crippen LogP contribution in [0.2, 0.25) is 0 Å². The predicted molar refractivity (Wildman–Crippen MR) is 74.9 cm³/mol. The molecule has 0 aliphatic rings. The summed E-state index contributed by atoms with van der Waals surface area (Å²) in [5, 5.41) is 4.87. The van der Waals surface area contributed by atoms with Crippen LogP contribution in [-0.2, 0) is 20.0 Å².